The van der Waals surface area contributed by atoms with Gasteiger partial charge in [0.05, 0.1) is 17.7 Å². The number of fused-ring (bicyclic) bond motifs is 3. The summed E-state index contributed by atoms with van der Waals surface area (Å²) in [5.41, 5.74) is 1.96. The Kier molecular flexibility index (Phi) is 4.20. The second kappa shape index (κ2) is 6.28. The SMILES string of the molecule is Cc1ccc2c(c1)c1cc(C(F)(F)F)ccc1n2[C@H]1CCCNC[C@@H]1O. The molecule has 1 aromatic heterocycles. The lowest BCUT2D eigenvalue weighted by Crippen LogP contribution is -2.31. The fraction of sp³-hybridized carbons (Fsp3) is 0.400. The van der Waals surface area contributed by atoms with E-state index in [1.54, 1.807) is 6.07 Å². The zero-order valence-electron chi connectivity index (χ0n) is 14.5. The summed E-state index contributed by atoms with van der Waals surface area (Å²) in [5, 5.41) is 15.2. The lowest BCUT2D eigenvalue weighted by Gasteiger charge is -2.24. The predicted octanol–water partition coefficient (Wildman–Crippen LogP) is 4.41. The standard InChI is InChI=1S/C20H21F3N2O/c1-12-4-6-16-14(9-12)15-10-13(20(21,22)23)5-7-17(15)25(16)18-3-2-8-24-11-19(18)26/h4-7,9-10,18-19,24,26H,2-3,8,11H2,1H3/t18-,19-/m0/s1. The Labute approximate surface area is 149 Å². The Morgan fingerprint density at radius 1 is 1.08 bits per heavy atom. The number of hydrogen-bond acceptors (Lipinski definition) is 2. The van der Waals surface area contributed by atoms with Crippen molar-refractivity contribution in [1.29, 1.82) is 0 Å². The van der Waals surface area contributed by atoms with E-state index >= 15 is 0 Å². The molecule has 138 valence electrons. The van der Waals surface area contributed by atoms with Gasteiger partial charge < -0.3 is 15.0 Å². The molecule has 1 fully saturated rings. The second-order valence-electron chi connectivity index (χ2n) is 7.10. The van der Waals surface area contributed by atoms with Crippen molar-refractivity contribution in [2.24, 2.45) is 0 Å². The Morgan fingerprint density at radius 2 is 1.77 bits per heavy atom. The molecule has 6 heteroatoms. The first-order valence-corrected chi connectivity index (χ1v) is 8.86. The summed E-state index contributed by atoms with van der Waals surface area (Å²) < 4.78 is 41.7. The van der Waals surface area contributed by atoms with E-state index in [0.717, 1.165) is 47.4 Å². The van der Waals surface area contributed by atoms with Crippen LogP contribution in [0, 0.1) is 6.92 Å². The van der Waals surface area contributed by atoms with Crippen LogP contribution in [0.5, 0.6) is 0 Å². The number of aliphatic hydroxyl groups is 1. The molecule has 1 aliphatic heterocycles. The van der Waals surface area contributed by atoms with Gasteiger partial charge in [-0.25, -0.2) is 0 Å². The van der Waals surface area contributed by atoms with E-state index in [2.05, 4.69) is 5.32 Å². The van der Waals surface area contributed by atoms with Crippen molar-refractivity contribution in [1.82, 2.24) is 9.88 Å². The van der Waals surface area contributed by atoms with Crippen molar-refractivity contribution in [3.05, 3.63) is 47.5 Å². The summed E-state index contributed by atoms with van der Waals surface area (Å²) in [5.74, 6) is 0. The van der Waals surface area contributed by atoms with Gasteiger partial charge in [0.2, 0.25) is 0 Å². The Balaban J connectivity index is 2.01. The maximum atomic E-state index is 13.2. The highest BCUT2D eigenvalue weighted by atomic mass is 19.4. The number of alkyl halides is 3. The number of aromatic nitrogens is 1. The lowest BCUT2D eigenvalue weighted by molar-refractivity contribution is -0.137. The topological polar surface area (TPSA) is 37.2 Å². The van der Waals surface area contributed by atoms with Crippen LogP contribution in [0.3, 0.4) is 0 Å². The second-order valence-corrected chi connectivity index (χ2v) is 7.10. The van der Waals surface area contributed by atoms with Crippen molar-refractivity contribution in [2.45, 2.75) is 38.1 Å². The number of rotatable bonds is 1. The van der Waals surface area contributed by atoms with Gasteiger partial charge in [-0.2, -0.15) is 13.2 Å². The van der Waals surface area contributed by atoms with E-state index in [4.69, 9.17) is 0 Å². The molecule has 2 aromatic carbocycles. The lowest BCUT2D eigenvalue weighted by atomic mass is 10.1. The molecule has 0 radical (unpaired) electrons. The molecule has 4 rings (SSSR count). The third-order valence-electron chi connectivity index (χ3n) is 5.27. The Hall–Kier alpha value is -2.05. The summed E-state index contributed by atoms with van der Waals surface area (Å²) in [7, 11) is 0. The number of nitrogens with zero attached hydrogens (tertiary/aromatic N) is 1. The number of hydrogen-bond donors (Lipinski definition) is 2. The molecule has 1 saturated heterocycles. The van der Waals surface area contributed by atoms with Crippen molar-refractivity contribution in [3.63, 3.8) is 0 Å². The first kappa shape index (κ1) is 17.4. The van der Waals surface area contributed by atoms with Crippen molar-refractivity contribution >= 4 is 21.8 Å². The van der Waals surface area contributed by atoms with Crippen LogP contribution in [-0.2, 0) is 6.18 Å². The number of aliphatic hydroxyl groups excluding tert-OH is 1. The van der Waals surface area contributed by atoms with Gasteiger partial charge in [-0.3, -0.25) is 0 Å². The minimum Gasteiger partial charge on any atom is -0.390 e. The number of halogens is 3. The summed E-state index contributed by atoms with van der Waals surface area (Å²) in [4.78, 5) is 0. The molecule has 2 atom stereocenters. The van der Waals surface area contributed by atoms with Crippen molar-refractivity contribution in [3.8, 4) is 0 Å². The van der Waals surface area contributed by atoms with E-state index in [-0.39, 0.29) is 6.04 Å². The molecule has 2 N–H and O–H groups in total. The maximum absolute atomic E-state index is 13.2. The highest BCUT2D eigenvalue weighted by Crippen LogP contribution is 2.39. The summed E-state index contributed by atoms with van der Waals surface area (Å²) >= 11 is 0. The molecule has 1 aliphatic rings. The quantitative estimate of drug-likeness (QED) is 0.673. The molecule has 0 amide bonds. The largest absolute Gasteiger partial charge is 0.416 e. The van der Waals surface area contributed by atoms with E-state index < -0.39 is 17.8 Å². The maximum Gasteiger partial charge on any atom is 0.416 e. The van der Waals surface area contributed by atoms with Gasteiger partial charge in [-0.1, -0.05) is 11.6 Å². The van der Waals surface area contributed by atoms with Crippen LogP contribution in [0.1, 0.15) is 30.0 Å². The molecule has 0 saturated carbocycles. The molecular weight excluding hydrogens is 341 g/mol. The molecule has 0 aliphatic carbocycles. The van der Waals surface area contributed by atoms with Crippen LogP contribution < -0.4 is 5.32 Å². The first-order valence-electron chi connectivity index (χ1n) is 8.86. The van der Waals surface area contributed by atoms with Gasteiger partial charge in [0.15, 0.2) is 0 Å². The van der Waals surface area contributed by atoms with Gasteiger partial charge in [0.25, 0.3) is 0 Å². The monoisotopic (exact) mass is 362 g/mol. The zero-order chi connectivity index (χ0) is 18.5. The number of β-amino-alcohol motifs (C(OH)–C–C–N with tert-alkyl or cyclic N) is 1. The smallest absolute Gasteiger partial charge is 0.390 e. The van der Waals surface area contributed by atoms with Crippen LogP contribution >= 0.6 is 0 Å². The molecule has 0 unspecified atom stereocenters. The summed E-state index contributed by atoms with van der Waals surface area (Å²) in [6.07, 6.45) is -3.27. The van der Waals surface area contributed by atoms with E-state index in [9.17, 15) is 18.3 Å². The third kappa shape index (κ3) is 2.87. The van der Waals surface area contributed by atoms with Crippen LogP contribution in [0.15, 0.2) is 36.4 Å². The first-order chi connectivity index (χ1) is 12.4. The minimum atomic E-state index is -4.38. The fourth-order valence-electron chi connectivity index (χ4n) is 4.02. The molecule has 3 aromatic rings. The van der Waals surface area contributed by atoms with Gasteiger partial charge in [0.1, 0.15) is 0 Å². The molecule has 2 heterocycles. The average Bonchev–Trinajstić information content (AvgIpc) is 2.74. The van der Waals surface area contributed by atoms with Gasteiger partial charge in [-0.05, 0) is 56.6 Å². The molecule has 0 spiro atoms. The van der Waals surface area contributed by atoms with Gasteiger partial charge in [-0.15, -0.1) is 0 Å². The van der Waals surface area contributed by atoms with Crippen LogP contribution in [0.25, 0.3) is 21.8 Å². The van der Waals surface area contributed by atoms with E-state index in [1.165, 1.54) is 6.07 Å². The van der Waals surface area contributed by atoms with Crippen LogP contribution in [-0.4, -0.2) is 28.9 Å². The Bertz CT molecular complexity index is 961. The number of aryl methyl sites for hydroxylation is 1. The molecule has 3 nitrogen and oxygen atoms in total. The predicted molar refractivity (Wildman–Crippen MR) is 96.3 cm³/mol. The molecule has 0 bridgehead atoms. The van der Waals surface area contributed by atoms with Crippen LogP contribution in [0.4, 0.5) is 13.2 Å². The fourth-order valence-corrected chi connectivity index (χ4v) is 4.02. The van der Waals surface area contributed by atoms with Gasteiger partial charge >= 0.3 is 6.18 Å². The number of nitrogens with one attached hydrogen (secondary N) is 1. The Morgan fingerprint density at radius 3 is 2.50 bits per heavy atom. The van der Waals surface area contributed by atoms with Crippen LogP contribution in [0.2, 0.25) is 0 Å². The average molecular weight is 362 g/mol. The minimum absolute atomic E-state index is 0.163. The van der Waals surface area contributed by atoms with E-state index in [1.807, 2.05) is 29.7 Å². The van der Waals surface area contributed by atoms with Crippen molar-refractivity contribution < 1.29 is 18.3 Å². The summed E-state index contributed by atoms with van der Waals surface area (Å²) in [6.45, 7) is 3.25. The van der Waals surface area contributed by atoms with E-state index in [0.29, 0.717) is 11.9 Å². The van der Waals surface area contributed by atoms with Crippen molar-refractivity contribution in [2.75, 3.05) is 13.1 Å². The highest BCUT2D eigenvalue weighted by Gasteiger charge is 2.32. The van der Waals surface area contributed by atoms with Gasteiger partial charge in [0, 0.05) is 28.4 Å². The molecular formula is C20H21F3N2O. The molecule has 26 heavy (non-hydrogen) atoms. The number of benzene rings is 2. The third-order valence-corrected chi connectivity index (χ3v) is 5.27. The normalized spacial score (nSPS) is 22.0. The highest BCUT2D eigenvalue weighted by molar-refractivity contribution is 6.08. The summed E-state index contributed by atoms with van der Waals surface area (Å²) in [6, 6.07) is 9.58. The zero-order valence-corrected chi connectivity index (χ0v) is 14.5.